The summed E-state index contributed by atoms with van der Waals surface area (Å²) in [6, 6.07) is 7.02. The lowest BCUT2D eigenvalue weighted by atomic mass is 10.1. The highest BCUT2D eigenvalue weighted by atomic mass is 32.2. The number of likely N-dealkylation sites (tertiary alicyclic amines) is 1. The normalized spacial score (nSPS) is 23.8. The summed E-state index contributed by atoms with van der Waals surface area (Å²) in [7, 11) is -3.65. The van der Waals surface area contributed by atoms with Gasteiger partial charge in [-0.15, -0.1) is 0 Å². The Hall–Kier alpha value is -1.97. The molecule has 1 aliphatic carbocycles. The second kappa shape index (κ2) is 9.03. The van der Waals surface area contributed by atoms with Gasteiger partial charge < -0.3 is 15.0 Å². The highest BCUT2D eigenvalue weighted by Crippen LogP contribution is 2.29. The molecule has 0 spiro atoms. The summed E-state index contributed by atoms with van der Waals surface area (Å²) in [5.74, 6) is -0.513. The molecule has 2 aliphatic heterocycles. The van der Waals surface area contributed by atoms with E-state index in [0.717, 1.165) is 25.7 Å². The van der Waals surface area contributed by atoms with Gasteiger partial charge >= 0.3 is 0 Å². The summed E-state index contributed by atoms with van der Waals surface area (Å²) in [5.41, 5.74) is 0.550. The fraction of sp³-hybridized carbons (Fsp3) is 0.619. The van der Waals surface area contributed by atoms with Crippen LogP contribution in [0.2, 0.25) is 0 Å². The van der Waals surface area contributed by atoms with Crippen molar-refractivity contribution < 1.29 is 22.7 Å². The molecule has 1 aromatic rings. The molecule has 1 unspecified atom stereocenters. The first-order valence-corrected chi connectivity index (χ1v) is 12.1. The number of carbonyl (C=O) groups is 2. The summed E-state index contributed by atoms with van der Waals surface area (Å²) in [6.07, 6.45) is 4.55. The fourth-order valence-corrected chi connectivity index (χ4v) is 6.26. The Morgan fingerprint density at radius 2 is 1.83 bits per heavy atom. The Morgan fingerprint density at radius 1 is 1.13 bits per heavy atom. The molecule has 30 heavy (non-hydrogen) atoms. The maximum absolute atomic E-state index is 13.0. The summed E-state index contributed by atoms with van der Waals surface area (Å²) >= 11 is 0. The first-order valence-electron chi connectivity index (χ1n) is 10.7. The molecule has 2 amide bonds. The number of benzene rings is 1. The smallest absolute Gasteiger partial charge is 0.243 e. The molecule has 9 heteroatoms. The molecular formula is C21H29N3O5S. The second-order valence-corrected chi connectivity index (χ2v) is 10.1. The highest BCUT2D eigenvalue weighted by molar-refractivity contribution is 7.89. The maximum Gasteiger partial charge on any atom is 0.243 e. The SMILES string of the molecule is O=C(NCc1ccccc1S(=O)(=O)N1CCOCC1)C1CC(=O)N(C2CCCC2)C1. The van der Waals surface area contributed by atoms with Crippen LogP contribution in [0, 0.1) is 5.92 Å². The monoisotopic (exact) mass is 435 g/mol. The van der Waals surface area contributed by atoms with E-state index >= 15 is 0 Å². The Bertz CT molecular complexity index is 892. The summed E-state index contributed by atoms with van der Waals surface area (Å²) in [6.45, 7) is 1.99. The summed E-state index contributed by atoms with van der Waals surface area (Å²) in [4.78, 5) is 27.2. The molecule has 1 aromatic carbocycles. The molecule has 3 fully saturated rings. The van der Waals surface area contributed by atoms with E-state index in [-0.39, 0.29) is 41.6 Å². The van der Waals surface area contributed by atoms with Crippen molar-refractivity contribution in [3.63, 3.8) is 0 Å². The minimum atomic E-state index is -3.65. The van der Waals surface area contributed by atoms with E-state index in [9.17, 15) is 18.0 Å². The lowest BCUT2D eigenvalue weighted by molar-refractivity contribution is -0.130. The van der Waals surface area contributed by atoms with Crippen LogP contribution in [0.5, 0.6) is 0 Å². The molecule has 164 valence electrons. The van der Waals surface area contributed by atoms with Gasteiger partial charge in [0.05, 0.1) is 24.0 Å². The molecule has 1 saturated carbocycles. The largest absolute Gasteiger partial charge is 0.379 e. The van der Waals surface area contributed by atoms with E-state index in [2.05, 4.69) is 5.32 Å². The van der Waals surface area contributed by atoms with E-state index in [1.165, 1.54) is 4.31 Å². The van der Waals surface area contributed by atoms with E-state index < -0.39 is 10.0 Å². The van der Waals surface area contributed by atoms with Crippen molar-refractivity contribution in [3.05, 3.63) is 29.8 Å². The summed E-state index contributed by atoms with van der Waals surface area (Å²) < 4.78 is 32.8. The minimum Gasteiger partial charge on any atom is -0.379 e. The van der Waals surface area contributed by atoms with Gasteiger partial charge in [-0.05, 0) is 24.5 Å². The second-order valence-electron chi connectivity index (χ2n) is 8.23. The first-order chi connectivity index (χ1) is 14.5. The number of morpholine rings is 1. The third-order valence-electron chi connectivity index (χ3n) is 6.31. The average Bonchev–Trinajstić information content (AvgIpc) is 3.42. The number of hydrogen-bond acceptors (Lipinski definition) is 5. The van der Waals surface area contributed by atoms with Crippen molar-refractivity contribution >= 4 is 21.8 Å². The van der Waals surface area contributed by atoms with Crippen LogP contribution in [0.3, 0.4) is 0 Å². The molecule has 0 bridgehead atoms. The lowest BCUT2D eigenvalue weighted by Crippen LogP contribution is -2.41. The molecule has 1 atom stereocenters. The number of nitrogens with one attached hydrogen (secondary N) is 1. The van der Waals surface area contributed by atoms with Gasteiger partial charge in [-0.1, -0.05) is 31.0 Å². The van der Waals surface area contributed by atoms with Gasteiger partial charge in [-0.2, -0.15) is 4.31 Å². The number of hydrogen-bond donors (Lipinski definition) is 1. The lowest BCUT2D eigenvalue weighted by Gasteiger charge is -2.27. The van der Waals surface area contributed by atoms with Crippen LogP contribution in [0.4, 0.5) is 0 Å². The predicted molar refractivity (Wildman–Crippen MR) is 110 cm³/mol. The topological polar surface area (TPSA) is 96.0 Å². The van der Waals surface area contributed by atoms with Gasteiger partial charge in [0.1, 0.15) is 0 Å². The highest BCUT2D eigenvalue weighted by Gasteiger charge is 2.38. The number of amides is 2. The zero-order valence-electron chi connectivity index (χ0n) is 17.1. The van der Waals surface area contributed by atoms with Gasteiger partial charge in [0.2, 0.25) is 21.8 Å². The zero-order valence-corrected chi connectivity index (χ0v) is 17.9. The quantitative estimate of drug-likeness (QED) is 0.722. The average molecular weight is 436 g/mol. The molecule has 2 heterocycles. The minimum absolute atomic E-state index is 0.0531. The van der Waals surface area contributed by atoms with Crippen molar-refractivity contribution in [2.24, 2.45) is 5.92 Å². The van der Waals surface area contributed by atoms with Crippen LogP contribution in [-0.2, 0) is 30.9 Å². The Kier molecular flexibility index (Phi) is 6.40. The number of nitrogens with zero attached hydrogens (tertiary/aromatic N) is 2. The van der Waals surface area contributed by atoms with Crippen molar-refractivity contribution in [2.45, 2.75) is 49.6 Å². The molecule has 8 nitrogen and oxygen atoms in total. The molecule has 0 aromatic heterocycles. The van der Waals surface area contributed by atoms with E-state index in [0.29, 0.717) is 38.4 Å². The summed E-state index contributed by atoms with van der Waals surface area (Å²) in [5, 5.41) is 2.86. The molecule has 2 saturated heterocycles. The Morgan fingerprint density at radius 3 is 2.57 bits per heavy atom. The molecule has 0 radical (unpaired) electrons. The van der Waals surface area contributed by atoms with Crippen molar-refractivity contribution in [3.8, 4) is 0 Å². The standard InChI is InChI=1S/C21H29N3O5S/c25-20-13-17(15-24(20)18-6-2-3-7-18)21(26)22-14-16-5-1-4-8-19(16)30(27,28)23-9-11-29-12-10-23/h1,4-5,8,17-18H,2-3,6-7,9-15H2,(H,22,26). The number of rotatable bonds is 6. The van der Waals surface area contributed by atoms with Gasteiger partial charge in [0.25, 0.3) is 0 Å². The molecule has 1 N–H and O–H groups in total. The third-order valence-corrected chi connectivity index (χ3v) is 8.31. The molecule has 3 aliphatic rings. The van der Waals surface area contributed by atoms with Crippen molar-refractivity contribution in [1.82, 2.24) is 14.5 Å². The van der Waals surface area contributed by atoms with Crippen LogP contribution < -0.4 is 5.32 Å². The van der Waals surface area contributed by atoms with Crippen LogP contribution >= 0.6 is 0 Å². The maximum atomic E-state index is 13.0. The van der Waals surface area contributed by atoms with Gasteiger partial charge in [0.15, 0.2) is 0 Å². The van der Waals surface area contributed by atoms with Gasteiger partial charge in [-0.25, -0.2) is 8.42 Å². The molecule has 4 rings (SSSR count). The van der Waals surface area contributed by atoms with E-state index in [1.807, 2.05) is 4.90 Å². The first kappa shape index (κ1) is 21.3. The van der Waals surface area contributed by atoms with Crippen LogP contribution in [0.15, 0.2) is 29.2 Å². The third kappa shape index (κ3) is 4.38. The van der Waals surface area contributed by atoms with Crippen molar-refractivity contribution in [1.29, 1.82) is 0 Å². The van der Waals surface area contributed by atoms with Gasteiger partial charge in [-0.3, -0.25) is 9.59 Å². The fourth-order valence-electron chi connectivity index (χ4n) is 4.63. The van der Waals surface area contributed by atoms with Crippen LogP contribution in [0.1, 0.15) is 37.7 Å². The Balaban J connectivity index is 1.41. The zero-order chi connectivity index (χ0) is 21.1. The van der Waals surface area contributed by atoms with Crippen molar-refractivity contribution in [2.75, 3.05) is 32.8 Å². The van der Waals surface area contributed by atoms with Crippen LogP contribution in [0.25, 0.3) is 0 Å². The van der Waals surface area contributed by atoms with Gasteiger partial charge in [0, 0.05) is 38.6 Å². The predicted octanol–water partition coefficient (Wildman–Crippen LogP) is 1.11. The number of ether oxygens (including phenoxy) is 1. The molecular weight excluding hydrogens is 406 g/mol. The van der Waals surface area contributed by atoms with E-state index in [4.69, 9.17) is 4.74 Å². The number of carbonyl (C=O) groups excluding carboxylic acids is 2. The van der Waals surface area contributed by atoms with E-state index in [1.54, 1.807) is 24.3 Å². The Labute approximate surface area is 177 Å². The number of sulfonamides is 1. The van der Waals surface area contributed by atoms with Crippen LogP contribution in [-0.4, -0.2) is 68.3 Å².